The minimum atomic E-state index is -0.509. The second-order valence-electron chi connectivity index (χ2n) is 6.47. The fourth-order valence-electron chi connectivity index (χ4n) is 2.78. The van der Waals surface area contributed by atoms with Crippen LogP contribution in [0.15, 0.2) is 42.9 Å². The van der Waals surface area contributed by atoms with E-state index in [0.29, 0.717) is 11.3 Å². The lowest BCUT2D eigenvalue weighted by atomic mass is 10.0. The molecule has 0 aliphatic rings. The average Bonchev–Trinajstić information content (AvgIpc) is 2.93. The molecule has 0 saturated heterocycles. The van der Waals surface area contributed by atoms with E-state index in [0.717, 1.165) is 27.9 Å². The van der Waals surface area contributed by atoms with Gasteiger partial charge in [-0.2, -0.15) is 5.10 Å². The lowest BCUT2D eigenvalue weighted by Gasteiger charge is -2.14. The van der Waals surface area contributed by atoms with E-state index in [9.17, 15) is 4.79 Å². The van der Waals surface area contributed by atoms with Crippen molar-refractivity contribution in [2.45, 2.75) is 26.9 Å². The van der Waals surface area contributed by atoms with E-state index in [2.05, 4.69) is 16.1 Å². The maximum absolute atomic E-state index is 11.7. The number of amides is 1. The zero-order valence-corrected chi connectivity index (χ0v) is 15.4. The molecule has 134 valence electrons. The van der Waals surface area contributed by atoms with Crippen molar-refractivity contribution >= 4 is 5.91 Å². The molecular weight excluding hydrogens is 328 g/mol. The van der Waals surface area contributed by atoms with E-state index >= 15 is 0 Å². The molecule has 0 spiro atoms. The Labute approximate surface area is 152 Å². The third kappa shape index (κ3) is 3.44. The van der Waals surface area contributed by atoms with E-state index in [1.165, 1.54) is 0 Å². The van der Waals surface area contributed by atoms with Crippen molar-refractivity contribution in [1.82, 2.24) is 14.8 Å². The Hall–Kier alpha value is -3.15. The van der Waals surface area contributed by atoms with Crippen LogP contribution < -0.4 is 10.5 Å². The fourth-order valence-corrected chi connectivity index (χ4v) is 2.78. The van der Waals surface area contributed by atoms with E-state index < -0.39 is 5.91 Å². The minimum Gasteiger partial charge on any atom is -0.490 e. The van der Waals surface area contributed by atoms with Crippen LogP contribution in [0.4, 0.5) is 0 Å². The predicted octanol–water partition coefficient (Wildman–Crippen LogP) is 3.34. The first-order valence-corrected chi connectivity index (χ1v) is 8.41. The standard InChI is InChI=1S/C20H22N4O2/c1-12(2)26-19-8-14(5-6-17(19)20(21)25)15-7-16(10-22-9-15)18-11-23-24(4)13(18)3/h5-12H,1-4H3,(H2,21,25). The van der Waals surface area contributed by atoms with Gasteiger partial charge < -0.3 is 10.5 Å². The van der Waals surface area contributed by atoms with Gasteiger partial charge in [-0.05, 0) is 44.5 Å². The number of nitrogens with two attached hydrogens (primary N) is 1. The second kappa shape index (κ2) is 7.00. The SMILES string of the molecule is Cc1c(-c2cncc(-c3ccc(C(N)=O)c(OC(C)C)c3)c2)cnn1C. The molecule has 0 aliphatic carbocycles. The van der Waals surface area contributed by atoms with Gasteiger partial charge in [0, 0.05) is 41.8 Å². The third-order valence-electron chi connectivity index (χ3n) is 4.23. The lowest BCUT2D eigenvalue weighted by Crippen LogP contribution is -2.15. The summed E-state index contributed by atoms with van der Waals surface area (Å²) in [6.45, 7) is 5.83. The molecule has 0 aliphatic heterocycles. The Morgan fingerprint density at radius 3 is 2.46 bits per heavy atom. The van der Waals surface area contributed by atoms with E-state index in [4.69, 9.17) is 10.5 Å². The molecule has 0 bridgehead atoms. The summed E-state index contributed by atoms with van der Waals surface area (Å²) in [7, 11) is 1.91. The summed E-state index contributed by atoms with van der Waals surface area (Å²) in [5, 5.41) is 4.29. The van der Waals surface area contributed by atoms with Crippen LogP contribution in [0.1, 0.15) is 29.9 Å². The van der Waals surface area contributed by atoms with Gasteiger partial charge in [0.2, 0.25) is 0 Å². The summed E-state index contributed by atoms with van der Waals surface area (Å²) in [6.07, 6.45) is 5.37. The summed E-state index contributed by atoms with van der Waals surface area (Å²) in [5.74, 6) is -0.0296. The van der Waals surface area contributed by atoms with Crippen molar-refractivity contribution in [1.29, 1.82) is 0 Å². The molecule has 1 aromatic carbocycles. The van der Waals surface area contributed by atoms with Crippen LogP contribution in [0.2, 0.25) is 0 Å². The molecule has 2 aromatic heterocycles. The van der Waals surface area contributed by atoms with Gasteiger partial charge in [0.1, 0.15) is 5.75 Å². The Morgan fingerprint density at radius 2 is 1.85 bits per heavy atom. The Bertz CT molecular complexity index is 960. The van der Waals surface area contributed by atoms with Crippen molar-refractivity contribution in [3.8, 4) is 28.0 Å². The number of primary amides is 1. The Balaban J connectivity index is 2.05. The molecule has 2 heterocycles. The zero-order chi connectivity index (χ0) is 18.8. The topological polar surface area (TPSA) is 83.0 Å². The highest BCUT2D eigenvalue weighted by atomic mass is 16.5. The van der Waals surface area contributed by atoms with Gasteiger partial charge in [0.25, 0.3) is 5.91 Å². The summed E-state index contributed by atoms with van der Waals surface area (Å²) < 4.78 is 7.60. The van der Waals surface area contributed by atoms with Crippen LogP contribution in [-0.4, -0.2) is 26.8 Å². The molecule has 2 N–H and O–H groups in total. The first kappa shape index (κ1) is 17.7. The highest BCUT2D eigenvalue weighted by Gasteiger charge is 2.14. The van der Waals surface area contributed by atoms with Crippen molar-refractivity contribution in [3.63, 3.8) is 0 Å². The number of hydrogen-bond acceptors (Lipinski definition) is 4. The Morgan fingerprint density at radius 1 is 1.12 bits per heavy atom. The molecule has 0 atom stereocenters. The van der Waals surface area contributed by atoms with Crippen LogP contribution in [0.3, 0.4) is 0 Å². The molecule has 0 unspecified atom stereocenters. The summed E-state index contributed by atoms with van der Waals surface area (Å²) in [6, 6.07) is 7.42. The van der Waals surface area contributed by atoms with Gasteiger partial charge in [-0.3, -0.25) is 14.5 Å². The number of ether oxygens (including phenoxy) is 1. The maximum atomic E-state index is 11.7. The van der Waals surface area contributed by atoms with Gasteiger partial charge >= 0.3 is 0 Å². The van der Waals surface area contributed by atoms with Crippen molar-refractivity contribution in [2.75, 3.05) is 0 Å². The highest BCUT2D eigenvalue weighted by Crippen LogP contribution is 2.31. The van der Waals surface area contributed by atoms with Crippen LogP contribution >= 0.6 is 0 Å². The van der Waals surface area contributed by atoms with Crippen molar-refractivity contribution < 1.29 is 9.53 Å². The predicted molar refractivity (Wildman–Crippen MR) is 101 cm³/mol. The first-order valence-electron chi connectivity index (χ1n) is 8.41. The average molecular weight is 350 g/mol. The molecule has 3 aromatic rings. The Kier molecular flexibility index (Phi) is 4.75. The lowest BCUT2D eigenvalue weighted by molar-refractivity contribution is 0.0994. The van der Waals surface area contributed by atoms with Crippen LogP contribution in [0, 0.1) is 6.92 Å². The van der Waals surface area contributed by atoms with Crippen LogP contribution in [0.25, 0.3) is 22.3 Å². The van der Waals surface area contributed by atoms with Gasteiger partial charge in [-0.25, -0.2) is 0 Å². The summed E-state index contributed by atoms with van der Waals surface area (Å²) >= 11 is 0. The van der Waals surface area contributed by atoms with Gasteiger partial charge in [0.15, 0.2) is 0 Å². The summed E-state index contributed by atoms with van der Waals surface area (Å²) in [5.41, 5.74) is 10.7. The van der Waals surface area contributed by atoms with Gasteiger partial charge in [0.05, 0.1) is 17.9 Å². The number of pyridine rings is 1. The molecule has 0 fully saturated rings. The number of hydrogen-bond donors (Lipinski definition) is 1. The number of carbonyl (C=O) groups is 1. The largest absolute Gasteiger partial charge is 0.490 e. The smallest absolute Gasteiger partial charge is 0.252 e. The molecule has 1 amide bonds. The van der Waals surface area contributed by atoms with Crippen LogP contribution in [-0.2, 0) is 7.05 Å². The van der Waals surface area contributed by atoms with Gasteiger partial charge in [-0.1, -0.05) is 6.07 Å². The monoisotopic (exact) mass is 350 g/mol. The molecule has 0 saturated carbocycles. The van der Waals surface area contributed by atoms with Crippen molar-refractivity contribution in [2.24, 2.45) is 12.8 Å². The molecular formula is C20H22N4O2. The first-order chi connectivity index (χ1) is 12.4. The molecule has 6 nitrogen and oxygen atoms in total. The summed E-state index contributed by atoms with van der Waals surface area (Å²) in [4.78, 5) is 16.0. The minimum absolute atomic E-state index is 0.0640. The molecule has 26 heavy (non-hydrogen) atoms. The van der Waals surface area contributed by atoms with E-state index in [-0.39, 0.29) is 6.10 Å². The number of aryl methyl sites for hydroxylation is 1. The van der Waals surface area contributed by atoms with Crippen LogP contribution in [0.5, 0.6) is 5.75 Å². The third-order valence-corrected chi connectivity index (χ3v) is 4.23. The number of carbonyl (C=O) groups excluding carboxylic acids is 1. The highest BCUT2D eigenvalue weighted by molar-refractivity contribution is 5.96. The normalized spacial score (nSPS) is 11.0. The number of nitrogens with zero attached hydrogens (tertiary/aromatic N) is 3. The number of rotatable bonds is 5. The zero-order valence-electron chi connectivity index (χ0n) is 15.4. The molecule has 6 heteroatoms. The molecule has 3 rings (SSSR count). The van der Waals surface area contributed by atoms with E-state index in [1.807, 2.05) is 57.0 Å². The molecule has 0 radical (unpaired) electrons. The van der Waals surface area contributed by atoms with Crippen molar-refractivity contribution in [3.05, 3.63) is 54.1 Å². The quantitative estimate of drug-likeness (QED) is 0.765. The van der Waals surface area contributed by atoms with E-state index in [1.54, 1.807) is 12.3 Å². The second-order valence-corrected chi connectivity index (χ2v) is 6.47. The van der Waals surface area contributed by atoms with Gasteiger partial charge in [-0.15, -0.1) is 0 Å². The number of aromatic nitrogens is 3. The fraction of sp³-hybridized carbons (Fsp3) is 0.250. The maximum Gasteiger partial charge on any atom is 0.252 e. The number of benzene rings is 1.